The Kier molecular flexibility index (Phi) is 5.50. The van der Waals surface area contributed by atoms with Gasteiger partial charge in [-0.25, -0.2) is 13.4 Å². The molecule has 1 aromatic carbocycles. The van der Waals surface area contributed by atoms with Gasteiger partial charge < -0.3 is 4.74 Å². The van der Waals surface area contributed by atoms with Gasteiger partial charge in [0.15, 0.2) is 0 Å². The average molecular weight is 409 g/mol. The van der Waals surface area contributed by atoms with Crippen molar-refractivity contribution in [2.45, 2.75) is 18.4 Å². The molecule has 2 heterocycles. The van der Waals surface area contributed by atoms with E-state index in [1.807, 2.05) is 17.5 Å². The molecule has 0 radical (unpaired) electrons. The number of rotatable bonds is 6. The number of methoxy groups -OCH3 is 1. The van der Waals surface area contributed by atoms with Crippen LogP contribution in [0.4, 0.5) is 5.69 Å². The number of aromatic nitrogens is 1. The lowest BCUT2D eigenvalue weighted by atomic mass is 10.3. The lowest BCUT2D eigenvalue weighted by molar-refractivity contribution is 0.415. The molecule has 0 saturated heterocycles. The maximum Gasteiger partial charge on any atom is 0.266 e. The van der Waals surface area contributed by atoms with E-state index in [0.29, 0.717) is 22.2 Å². The van der Waals surface area contributed by atoms with Gasteiger partial charge in [-0.05, 0) is 54.3 Å². The summed E-state index contributed by atoms with van der Waals surface area (Å²) in [5, 5.41) is 2.21. The monoisotopic (exact) mass is 408 g/mol. The largest absolute Gasteiger partial charge is 0.497 e. The molecule has 0 aliphatic heterocycles. The minimum atomic E-state index is -3.81. The second-order valence-electron chi connectivity index (χ2n) is 5.57. The summed E-state index contributed by atoms with van der Waals surface area (Å²) in [6.45, 7) is 1.96. The number of ether oxygens (including phenoxy) is 1. The van der Waals surface area contributed by atoms with Crippen LogP contribution in [0.5, 0.6) is 5.75 Å². The standard InChI is InChI=1S/C18H17ClN2O3S2/c1-13-10-17(11-20-18(13)19)26(22,23)21(12-16-4-3-9-25-16)14-5-7-15(24-2)8-6-14/h3-11H,12H2,1-2H3. The first kappa shape index (κ1) is 18.7. The fourth-order valence-electron chi connectivity index (χ4n) is 2.41. The second-order valence-corrected chi connectivity index (χ2v) is 8.82. The second kappa shape index (κ2) is 7.65. The number of halogens is 1. The SMILES string of the molecule is COc1ccc(N(Cc2cccs2)S(=O)(=O)c2cnc(Cl)c(C)c2)cc1. The topological polar surface area (TPSA) is 59.5 Å². The molecule has 136 valence electrons. The van der Waals surface area contributed by atoms with Crippen LogP contribution in [0.3, 0.4) is 0 Å². The fraction of sp³-hybridized carbons (Fsp3) is 0.167. The van der Waals surface area contributed by atoms with Crippen LogP contribution in [0.15, 0.2) is 58.9 Å². The quantitative estimate of drug-likeness (QED) is 0.563. The molecule has 0 aliphatic carbocycles. The number of thiophene rings is 1. The number of aryl methyl sites for hydroxylation is 1. The maximum absolute atomic E-state index is 13.3. The zero-order valence-corrected chi connectivity index (χ0v) is 16.6. The highest BCUT2D eigenvalue weighted by Crippen LogP contribution is 2.29. The minimum absolute atomic E-state index is 0.103. The Hall–Kier alpha value is -2.09. The van der Waals surface area contributed by atoms with E-state index < -0.39 is 10.0 Å². The zero-order valence-electron chi connectivity index (χ0n) is 14.2. The van der Waals surface area contributed by atoms with Crippen molar-refractivity contribution in [1.82, 2.24) is 4.98 Å². The van der Waals surface area contributed by atoms with Crippen molar-refractivity contribution in [3.05, 3.63) is 69.6 Å². The van der Waals surface area contributed by atoms with Crippen molar-refractivity contribution >= 4 is 38.6 Å². The van der Waals surface area contributed by atoms with Gasteiger partial charge in [-0.15, -0.1) is 11.3 Å². The van der Waals surface area contributed by atoms with Gasteiger partial charge in [-0.1, -0.05) is 17.7 Å². The van der Waals surface area contributed by atoms with Crippen molar-refractivity contribution in [3.63, 3.8) is 0 Å². The molecule has 5 nitrogen and oxygen atoms in total. The first-order valence-electron chi connectivity index (χ1n) is 7.73. The summed E-state index contributed by atoms with van der Waals surface area (Å²) >= 11 is 7.45. The van der Waals surface area contributed by atoms with Gasteiger partial charge in [0, 0.05) is 11.1 Å². The predicted octanol–water partition coefficient (Wildman–Crippen LogP) is 4.51. The molecule has 0 unspecified atom stereocenters. The van der Waals surface area contributed by atoms with Gasteiger partial charge >= 0.3 is 0 Å². The number of hydrogen-bond acceptors (Lipinski definition) is 5. The molecule has 0 fully saturated rings. The number of sulfonamides is 1. The van der Waals surface area contributed by atoms with E-state index >= 15 is 0 Å². The number of nitrogens with zero attached hydrogens (tertiary/aromatic N) is 2. The van der Waals surface area contributed by atoms with Crippen LogP contribution >= 0.6 is 22.9 Å². The van der Waals surface area contributed by atoms with Gasteiger partial charge in [-0.3, -0.25) is 4.31 Å². The molecular weight excluding hydrogens is 392 g/mol. The molecule has 0 spiro atoms. The molecule has 0 saturated carbocycles. The molecule has 2 aromatic heterocycles. The van der Waals surface area contributed by atoms with Crippen LogP contribution in [-0.4, -0.2) is 20.5 Å². The van der Waals surface area contributed by atoms with Gasteiger partial charge in [0.05, 0.1) is 19.3 Å². The van der Waals surface area contributed by atoms with Crippen molar-refractivity contribution in [1.29, 1.82) is 0 Å². The van der Waals surface area contributed by atoms with E-state index in [-0.39, 0.29) is 11.4 Å². The molecule has 0 bridgehead atoms. The lowest BCUT2D eigenvalue weighted by Gasteiger charge is -2.24. The first-order chi connectivity index (χ1) is 12.4. The van der Waals surface area contributed by atoms with Crippen molar-refractivity contribution in [2.75, 3.05) is 11.4 Å². The normalized spacial score (nSPS) is 11.3. The number of benzene rings is 1. The minimum Gasteiger partial charge on any atom is -0.497 e. The summed E-state index contributed by atoms with van der Waals surface area (Å²) in [4.78, 5) is 5.02. The predicted molar refractivity (Wildman–Crippen MR) is 105 cm³/mol. The average Bonchev–Trinajstić information content (AvgIpc) is 3.15. The molecule has 26 heavy (non-hydrogen) atoms. The lowest BCUT2D eigenvalue weighted by Crippen LogP contribution is -2.30. The van der Waals surface area contributed by atoms with E-state index in [4.69, 9.17) is 16.3 Å². The smallest absolute Gasteiger partial charge is 0.266 e. The summed E-state index contributed by atoms with van der Waals surface area (Å²) in [7, 11) is -2.24. The van der Waals surface area contributed by atoms with Crippen LogP contribution in [-0.2, 0) is 16.6 Å². The molecule has 0 aliphatic rings. The highest BCUT2D eigenvalue weighted by Gasteiger charge is 2.26. The summed E-state index contributed by atoms with van der Waals surface area (Å²) in [6, 6.07) is 12.3. The summed E-state index contributed by atoms with van der Waals surface area (Å²) in [5.74, 6) is 0.659. The third-order valence-electron chi connectivity index (χ3n) is 3.82. The highest BCUT2D eigenvalue weighted by atomic mass is 35.5. The maximum atomic E-state index is 13.3. The first-order valence-corrected chi connectivity index (χ1v) is 10.4. The molecule has 0 N–H and O–H groups in total. The van der Waals surface area contributed by atoms with E-state index in [0.717, 1.165) is 4.88 Å². The third kappa shape index (κ3) is 3.85. The Bertz CT molecular complexity index is 988. The van der Waals surface area contributed by atoms with Crippen LogP contribution in [0.2, 0.25) is 5.15 Å². The Balaban J connectivity index is 2.07. The molecule has 0 amide bonds. The Morgan fingerprint density at radius 1 is 1.23 bits per heavy atom. The summed E-state index contributed by atoms with van der Waals surface area (Å²) < 4.78 is 33.1. The summed E-state index contributed by atoms with van der Waals surface area (Å²) in [5.41, 5.74) is 1.16. The van der Waals surface area contributed by atoms with Crippen LogP contribution in [0, 0.1) is 6.92 Å². The molecule has 3 aromatic rings. The van der Waals surface area contributed by atoms with Gasteiger partial charge in [-0.2, -0.15) is 0 Å². The Morgan fingerprint density at radius 3 is 2.54 bits per heavy atom. The Morgan fingerprint density at radius 2 is 1.96 bits per heavy atom. The van der Waals surface area contributed by atoms with Gasteiger partial charge in [0.1, 0.15) is 15.8 Å². The Labute approximate surface area is 161 Å². The van der Waals surface area contributed by atoms with Crippen molar-refractivity contribution < 1.29 is 13.2 Å². The van der Waals surface area contributed by atoms with E-state index in [9.17, 15) is 8.42 Å². The summed E-state index contributed by atoms with van der Waals surface area (Å²) in [6.07, 6.45) is 1.29. The van der Waals surface area contributed by atoms with E-state index in [2.05, 4.69) is 4.98 Å². The van der Waals surface area contributed by atoms with E-state index in [1.165, 1.54) is 27.9 Å². The van der Waals surface area contributed by atoms with E-state index in [1.54, 1.807) is 38.3 Å². The van der Waals surface area contributed by atoms with Crippen LogP contribution < -0.4 is 9.04 Å². The zero-order chi connectivity index (χ0) is 18.7. The van der Waals surface area contributed by atoms with Crippen LogP contribution in [0.25, 0.3) is 0 Å². The van der Waals surface area contributed by atoms with Crippen molar-refractivity contribution in [2.24, 2.45) is 0 Å². The molecule has 0 atom stereocenters. The number of anilines is 1. The number of pyridine rings is 1. The molecule has 3 rings (SSSR count). The third-order valence-corrected chi connectivity index (χ3v) is 6.81. The van der Waals surface area contributed by atoms with Gasteiger partial charge in [0.25, 0.3) is 10.0 Å². The number of hydrogen-bond donors (Lipinski definition) is 0. The van der Waals surface area contributed by atoms with Crippen molar-refractivity contribution in [3.8, 4) is 5.75 Å². The highest BCUT2D eigenvalue weighted by molar-refractivity contribution is 7.92. The van der Waals surface area contributed by atoms with Gasteiger partial charge in [0.2, 0.25) is 0 Å². The molecule has 8 heteroatoms. The molecular formula is C18H17ClN2O3S2. The fourth-order valence-corrected chi connectivity index (χ4v) is 4.76. The van der Waals surface area contributed by atoms with Crippen LogP contribution in [0.1, 0.15) is 10.4 Å².